The van der Waals surface area contributed by atoms with E-state index >= 15 is 0 Å². The highest BCUT2D eigenvalue weighted by Gasteiger charge is 2.34. The Bertz CT molecular complexity index is 1410. The zero-order valence-corrected chi connectivity index (χ0v) is 23.7. The number of pyridine rings is 1. The molecule has 2 aliphatic heterocycles. The minimum atomic E-state index is -4.21. The van der Waals surface area contributed by atoms with E-state index in [0.29, 0.717) is 23.0 Å². The number of piperidine rings is 1. The average Bonchev–Trinajstić information content (AvgIpc) is 3.53. The zero-order valence-electron chi connectivity index (χ0n) is 22.9. The number of likely N-dealkylation sites (tertiary alicyclic amines) is 2. The summed E-state index contributed by atoms with van der Waals surface area (Å²) in [5, 5.41) is 0. The number of nitrogens with zero attached hydrogens (tertiary/aromatic N) is 4. The van der Waals surface area contributed by atoms with Crippen molar-refractivity contribution in [2.24, 2.45) is 0 Å². The van der Waals surface area contributed by atoms with Gasteiger partial charge in [-0.3, -0.25) is 14.7 Å². The highest BCUT2D eigenvalue weighted by atomic mass is 32.2. The van der Waals surface area contributed by atoms with Crippen molar-refractivity contribution < 1.29 is 17.9 Å². The summed E-state index contributed by atoms with van der Waals surface area (Å²) in [7, 11) is -2.68. The van der Waals surface area contributed by atoms with Crippen molar-refractivity contribution in [1.29, 1.82) is 0 Å². The Morgan fingerprint density at radius 3 is 2.30 bits per heavy atom. The van der Waals surface area contributed by atoms with Gasteiger partial charge in [-0.1, -0.05) is 30.4 Å². The summed E-state index contributed by atoms with van der Waals surface area (Å²) in [5.41, 5.74) is 1.86. The lowest BCUT2D eigenvalue weighted by Crippen LogP contribution is -2.49. The molecule has 0 unspecified atom stereocenters. The quantitative estimate of drug-likeness (QED) is 0.380. The van der Waals surface area contributed by atoms with Gasteiger partial charge in [0.2, 0.25) is 0 Å². The van der Waals surface area contributed by atoms with Gasteiger partial charge >= 0.3 is 0 Å². The topological polar surface area (TPSA) is 83.0 Å². The van der Waals surface area contributed by atoms with E-state index in [4.69, 9.17) is 4.74 Å². The summed E-state index contributed by atoms with van der Waals surface area (Å²) in [6, 6.07) is 17.5. The van der Waals surface area contributed by atoms with E-state index < -0.39 is 15.9 Å². The summed E-state index contributed by atoms with van der Waals surface area (Å²) in [6.07, 6.45) is 11.6. The predicted molar refractivity (Wildman–Crippen MR) is 158 cm³/mol. The molecule has 3 aromatic rings. The number of anilines is 1. The van der Waals surface area contributed by atoms with Crippen LogP contribution in [0.5, 0.6) is 5.75 Å². The molecule has 1 aromatic heterocycles. The van der Waals surface area contributed by atoms with Gasteiger partial charge in [0.15, 0.2) is 0 Å². The molecular weight excluding hydrogens is 524 g/mol. The Kier molecular flexibility index (Phi) is 8.94. The van der Waals surface area contributed by atoms with E-state index in [1.54, 1.807) is 36.7 Å². The third kappa shape index (κ3) is 6.43. The second kappa shape index (κ2) is 12.8. The van der Waals surface area contributed by atoms with Crippen LogP contribution >= 0.6 is 0 Å². The number of ether oxygens (including phenoxy) is 1. The van der Waals surface area contributed by atoms with Crippen LogP contribution in [-0.4, -0.2) is 75.0 Å². The summed E-state index contributed by atoms with van der Waals surface area (Å²) in [6.45, 7) is 3.88. The van der Waals surface area contributed by atoms with Gasteiger partial charge in [-0.05, 0) is 92.4 Å². The molecule has 2 fully saturated rings. The predicted octanol–water partition coefficient (Wildman–Crippen LogP) is 4.54. The highest BCUT2D eigenvalue weighted by Crippen LogP contribution is 2.30. The van der Waals surface area contributed by atoms with Crippen molar-refractivity contribution >= 4 is 33.8 Å². The van der Waals surface area contributed by atoms with Crippen LogP contribution in [0.25, 0.3) is 12.2 Å². The standard InChI is InChI=1S/C31H36N4O4S/c1-39-28-10-12-29(13-11-28)40(37,38)35(30-7-3-2-6-26(30)9-8-25-14-18-32-19-15-25)31(36)24-33-22-16-27(17-23-33)34-20-4-5-21-34/h2-3,6-15,18-19,27H,4-5,16-17,20-24H2,1H3/b9-8+. The van der Waals surface area contributed by atoms with Crippen LogP contribution in [0.2, 0.25) is 0 Å². The third-order valence-electron chi connectivity index (χ3n) is 7.71. The monoisotopic (exact) mass is 560 g/mol. The van der Waals surface area contributed by atoms with Crippen molar-refractivity contribution in [2.75, 3.05) is 44.1 Å². The lowest BCUT2D eigenvalue weighted by molar-refractivity contribution is -0.119. The van der Waals surface area contributed by atoms with Crippen LogP contribution in [0, 0.1) is 0 Å². The van der Waals surface area contributed by atoms with Gasteiger partial charge < -0.3 is 9.64 Å². The fourth-order valence-corrected chi connectivity index (χ4v) is 6.97. The molecule has 0 N–H and O–H groups in total. The largest absolute Gasteiger partial charge is 0.497 e. The van der Waals surface area contributed by atoms with Gasteiger partial charge in [-0.2, -0.15) is 0 Å². The third-order valence-corrected chi connectivity index (χ3v) is 9.46. The lowest BCUT2D eigenvalue weighted by Gasteiger charge is -2.37. The number of methoxy groups -OCH3 is 1. The maximum atomic E-state index is 14.1. The first-order chi connectivity index (χ1) is 19.5. The number of hydrogen-bond donors (Lipinski definition) is 0. The average molecular weight is 561 g/mol. The smallest absolute Gasteiger partial charge is 0.270 e. The summed E-state index contributed by atoms with van der Waals surface area (Å²) < 4.78 is 34.3. The number of aromatic nitrogens is 1. The Morgan fingerprint density at radius 2 is 1.62 bits per heavy atom. The number of sulfonamides is 1. The van der Waals surface area contributed by atoms with Gasteiger partial charge in [0.05, 0.1) is 24.2 Å². The molecule has 0 radical (unpaired) electrons. The van der Waals surface area contributed by atoms with E-state index in [0.717, 1.165) is 48.9 Å². The van der Waals surface area contributed by atoms with Crippen molar-refractivity contribution in [3.8, 4) is 5.75 Å². The molecule has 8 nitrogen and oxygen atoms in total. The highest BCUT2D eigenvalue weighted by molar-refractivity contribution is 7.93. The van der Waals surface area contributed by atoms with Gasteiger partial charge in [0, 0.05) is 31.5 Å². The molecule has 9 heteroatoms. The van der Waals surface area contributed by atoms with Crippen LogP contribution in [-0.2, 0) is 14.8 Å². The molecule has 1 amide bonds. The van der Waals surface area contributed by atoms with Crippen LogP contribution in [0.1, 0.15) is 36.8 Å². The first-order valence-corrected chi connectivity index (χ1v) is 15.3. The van der Waals surface area contributed by atoms with Crippen LogP contribution in [0.15, 0.2) is 78.0 Å². The Labute approximate surface area is 236 Å². The maximum absolute atomic E-state index is 14.1. The van der Waals surface area contributed by atoms with E-state index in [9.17, 15) is 13.2 Å². The second-order valence-electron chi connectivity index (χ2n) is 10.3. The number of amides is 1. The van der Waals surface area contributed by atoms with Gasteiger partial charge in [-0.25, -0.2) is 12.7 Å². The minimum Gasteiger partial charge on any atom is -0.497 e. The molecule has 2 saturated heterocycles. The van der Waals surface area contributed by atoms with Crippen LogP contribution in [0.4, 0.5) is 5.69 Å². The number of para-hydroxylation sites is 1. The molecule has 0 bridgehead atoms. The first-order valence-electron chi connectivity index (χ1n) is 13.8. The molecule has 5 rings (SSSR count). The van der Waals surface area contributed by atoms with E-state index in [2.05, 4.69) is 14.8 Å². The van der Waals surface area contributed by atoms with Gasteiger partial charge in [-0.15, -0.1) is 0 Å². The maximum Gasteiger partial charge on any atom is 0.270 e. The Morgan fingerprint density at radius 1 is 0.950 bits per heavy atom. The van der Waals surface area contributed by atoms with Crippen molar-refractivity contribution in [1.82, 2.24) is 14.8 Å². The Hall–Kier alpha value is -3.53. The SMILES string of the molecule is COc1ccc(S(=O)(=O)N(C(=O)CN2CCC(N3CCCC3)CC2)c2ccccc2/C=C/c2ccncc2)cc1. The molecule has 2 aromatic carbocycles. The first kappa shape index (κ1) is 28.0. The second-order valence-corrected chi connectivity index (χ2v) is 12.0. The van der Waals surface area contributed by atoms with Crippen LogP contribution in [0.3, 0.4) is 0 Å². The molecule has 40 heavy (non-hydrogen) atoms. The minimum absolute atomic E-state index is 0.0299. The Balaban J connectivity index is 1.44. The fourth-order valence-electron chi connectivity index (χ4n) is 5.53. The summed E-state index contributed by atoms with van der Waals surface area (Å²) >= 11 is 0. The molecule has 210 valence electrons. The van der Waals surface area contributed by atoms with Gasteiger partial charge in [0.25, 0.3) is 15.9 Å². The molecule has 0 atom stereocenters. The number of rotatable bonds is 9. The molecule has 0 saturated carbocycles. The fraction of sp³-hybridized carbons (Fsp3) is 0.355. The summed E-state index contributed by atoms with van der Waals surface area (Å²) in [4.78, 5) is 22.7. The molecule has 0 spiro atoms. The number of carbonyl (C=O) groups excluding carboxylic acids is 1. The number of hydrogen-bond acceptors (Lipinski definition) is 7. The molecule has 3 heterocycles. The van der Waals surface area contributed by atoms with Gasteiger partial charge in [0.1, 0.15) is 5.75 Å². The van der Waals surface area contributed by atoms with Crippen molar-refractivity contribution in [3.63, 3.8) is 0 Å². The van der Waals surface area contributed by atoms with E-state index in [1.165, 1.54) is 32.1 Å². The van der Waals surface area contributed by atoms with Crippen molar-refractivity contribution in [3.05, 3.63) is 84.2 Å². The zero-order chi connectivity index (χ0) is 28.0. The van der Waals surface area contributed by atoms with Crippen molar-refractivity contribution in [2.45, 2.75) is 36.6 Å². The summed E-state index contributed by atoms with van der Waals surface area (Å²) in [5.74, 6) is 0.0681. The number of benzene rings is 2. The normalized spacial score (nSPS) is 17.3. The van der Waals surface area contributed by atoms with Crippen LogP contribution < -0.4 is 9.04 Å². The lowest BCUT2D eigenvalue weighted by atomic mass is 10.0. The van der Waals surface area contributed by atoms with E-state index in [-0.39, 0.29) is 11.4 Å². The molecule has 0 aliphatic carbocycles. The molecular formula is C31H36N4O4S. The van der Waals surface area contributed by atoms with E-state index in [1.807, 2.05) is 36.4 Å². The number of carbonyl (C=O) groups is 1. The molecule has 2 aliphatic rings.